The summed E-state index contributed by atoms with van der Waals surface area (Å²) in [6.45, 7) is 0. The number of halogens is 3. The Bertz CT molecular complexity index is 297. The van der Waals surface area contributed by atoms with Crippen LogP contribution in [0.5, 0.6) is 0 Å². The Hall–Kier alpha value is -1.30. The lowest BCUT2D eigenvalue weighted by molar-refractivity contribution is -0.149. The summed E-state index contributed by atoms with van der Waals surface area (Å²) in [5.74, 6) is 0.0252. The molecule has 0 aliphatic carbocycles. The Morgan fingerprint density at radius 2 is 1.92 bits per heavy atom. The van der Waals surface area contributed by atoms with Crippen molar-refractivity contribution in [3.63, 3.8) is 0 Å². The molecule has 72 valence electrons. The third-order valence-corrected chi connectivity index (χ3v) is 1.46. The topological polar surface area (TPSA) is 64.9 Å². The third kappa shape index (κ3) is 2.32. The highest BCUT2D eigenvalue weighted by atomic mass is 19.4. The van der Waals surface area contributed by atoms with Gasteiger partial charge in [-0.3, -0.25) is 0 Å². The van der Waals surface area contributed by atoms with Gasteiger partial charge in [0.25, 0.3) is 0 Å². The van der Waals surface area contributed by atoms with Crippen molar-refractivity contribution in [2.75, 3.05) is 5.73 Å². The fourth-order valence-corrected chi connectivity index (χ4v) is 0.810. The van der Waals surface area contributed by atoms with Gasteiger partial charge in [0.1, 0.15) is 11.9 Å². The number of pyridine rings is 1. The normalized spacial score (nSPS) is 14.2. The molecule has 1 aromatic rings. The quantitative estimate of drug-likeness (QED) is 0.701. The Labute approximate surface area is 72.6 Å². The van der Waals surface area contributed by atoms with Gasteiger partial charge in [0.05, 0.1) is 5.69 Å². The number of nitrogen functional groups attached to an aromatic ring is 1. The van der Waals surface area contributed by atoms with Gasteiger partial charge in [0, 0.05) is 0 Å². The fourth-order valence-electron chi connectivity index (χ4n) is 0.810. The molecule has 1 atom stereocenters. The van der Waals surface area contributed by atoms with Crippen LogP contribution in [0.15, 0.2) is 18.2 Å². The molecular weight excluding hydrogens is 183 g/mol. The van der Waals surface area contributed by atoms with Gasteiger partial charge in [0.15, 0.2) is 0 Å². The van der Waals surface area contributed by atoms with E-state index in [1.54, 1.807) is 0 Å². The zero-order valence-corrected chi connectivity index (χ0v) is 6.55. The van der Waals surface area contributed by atoms with Crippen molar-refractivity contribution >= 4 is 5.82 Å². The van der Waals surface area contributed by atoms with E-state index < -0.39 is 12.2 Å². The zero-order valence-electron chi connectivity index (χ0n) is 6.55. The van der Waals surface area contributed by atoms with Crippen LogP contribution < -0.4 is 11.5 Å². The molecule has 3 nitrogen and oxygen atoms in total. The fraction of sp³-hybridized carbons (Fsp3) is 0.286. The minimum Gasteiger partial charge on any atom is -0.384 e. The number of anilines is 1. The van der Waals surface area contributed by atoms with Crippen LogP contribution in [0.3, 0.4) is 0 Å². The molecule has 4 N–H and O–H groups in total. The molecule has 0 saturated heterocycles. The van der Waals surface area contributed by atoms with Crippen molar-refractivity contribution in [2.45, 2.75) is 12.2 Å². The monoisotopic (exact) mass is 191 g/mol. The molecule has 0 fully saturated rings. The highest BCUT2D eigenvalue weighted by Crippen LogP contribution is 2.29. The maximum absolute atomic E-state index is 12.1. The van der Waals surface area contributed by atoms with Gasteiger partial charge in [0.2, 0.25) is 0 Å². The number of nitrogens with zero attached hydrogens (tertiary/aromatic N) is 1. The lowest BCUT2D eigenvalue weighted by Gasteiger charge is -2.14. The van der Waals surface area contributed by atoms with Crippen molar-refractivity contribution in [3.05, 3.63) is 23.9 Å². The first-order valence-corrected chi connectivity index (χ1v) is 3.46. The minimum atomic E-state index is -4.49. The number of alkyl halides is 3. The molecule has 0 spiro atoms. The molecule has 0 unspecified atom stereocenters. The predicted molar refractivity (Wildman–Crippen MR) is 41.6 cm³/mol. The molecule has 0 radical (unpaired) electrons. The summed E-state index contributed by atoms with van der Waals surface area (Å²) in [6, 6.07) is 1.89. The van der Waals surface area contributed by atoms with Crippen LogP contribution >= 0.6 is 0 Å². The van der Waals surface area contributed by atoms with Gasteiger partial charge < -0.3 is 11.5 Å². The van der Waals surface area contributed by atoms with Crippen molar-refractivity contribution in [1.29, 1.82) is 0 Å². The summed E-state index contributed by atoms with van der Waals surface area (Å²) >= 11 is 0. The summed E-state index contributed by atoms with van der Waals surface area (Å²) in [7, 11) is 0. The molecule has 1 heterocycles. The summed E-state index contributed by atoms with van der Waals surface area (Å²) < 4.78 is 36.2. The van der Waals surface area contributed by atoms with Crippen LogP contribution in [-0.2, 0) is 0 Å². The third-order valence-electron chi connectivity index (χ3n) is 1.46. The SMILES string of the molecule is Nc1cccc([C@@H](N)C(F)(F)F)n1. The highest BCUT2D eigenvalue weighted by Gasteiger charge is 2.38. The first-order chi connectivity index (χ1) is 5.91. The van der Waals surface area contributed by atoms with E-state index in [9.17, 15) is 13.2 Å². The van der Waals surface area contributed by atoms with Crippen LogP contribution in [-0.4, -0.2) is 11.2 Å². The number of nitrogens with two attached hydrogens (primary N) is 2. The molecule has 0 bridgehead atoms. The van der Waals surface area contributed by atoms with Gasteiger partial charge in [-0.1, -0.05) is 6.07 Å². The molecule has 0 aromatic carbocycles. The van der Waals surface area contributed by atoms with Crippen LogP contribution in [0.4, 0.5) is 19.0 Å². The average molecular weight is 191 g/mol. The molecule has 1 rings (SSSR count). The molecular formula is C7H8F3N3. The van der Waals surface area contributed by atoms with Gasteiger partial charge in [-0.25, -0.2) is 4.98 Å². The molecule has 0 amide bonds. The number of hydrogen-bond donors (Lipinski definition) is 2. The summed E-state index contributed by atoms with van der Waals surface area (Å²) in [4.78, 5) is 3.47. The number of rotatable bonds is 1. The van der Waals surface area contributed by atoms with E-state index in [-0.39, 0.29) is 11.5 Å². The van der Waals surface area contributed by atoms with Gasteiger partial charge in [-0.15, -0.1) is 0 Å². The first-order valence-electron chi connectivity index (χ1n) is 3.46. The predicted octanol–water partition coefficient (Wildman–Crippen LogP) is 1.23. The van der Waals surface area contributed by atoms with Gasteiger partial charge in [-0.05, 0) is 12.1 Å². The zero-order chi connectivity index (χ0) is 10.1. The van der Waals surface area contributed by atoms with Gasteiger partial charge in [-0.2, -0.15) is 13.2 Å². The largest absolute Gasteiger partial charge is 0.409 e. The van der Waals surface area contributed by atoms with E-state index in [1.807, 2.05) is 0 Å². The molecule has 13 heavy (non-hydrogen) atoms. The van der Waals surface area contributed by atoms with E-state index in [1.165, 1.54) is 18.2 Å². The molecule has 0 aliphatic heterocycles. The Morgan fingerprint density at radius 3 is 2.38 bits per heavy atom. The standard InChI is InChI=1S/C7H8F3N3/c8-7(9,10)6(12)4-2-1-3-5(11)13-4/h1-3,6H,12H2,(H2,11,13)/t6-/m1/s1. The molecule has 0 saturated carbocycles. The second-order valence-corrected chi connectivity index (χ2v) is 2.51. The maximum Gasteiger partial charge on any atom is 0.409 e. The summed E-state index contributed by atoms with van der Waals surface area (Å²) in [6.07, 6.45) is -4.49. The van der Waals surface area contributed by atoms with Crippen LogP contribution in [0.2, 0.25) is 0 Å². The van der Waals surface area contributed by atoms with E-state index in [4.69, 9.17) is 11.5 Å². The van der Waals surface area contributed by atoms with E-state index >= 15 is 0 Å². The van der Waals surface area contributed by atoms with Gasteiger partial charge >= 0.3 is 6.18 Å². The summed E-state index contributed by atoms with van der Waals surface area (Å²) in [5, 5.41) is 0. The minimum absolute atomic E-state index is 0.0252. The smallest absolute Gasteiger partial charge is 0.384 e. The second-order valence-electron chi connectivity index (χ2n) is 2.51. The molecule has 6 heteroatoms. The second kappa shape index (κ2) is 3.21. The van der Waals surface area contributed by atoms with Crippen molar-refractivity contribution in [3.8, 4) is 0 Å². The van der Waals surface area contributed by atoms with E-state index in [0.717, 1.165) is 0 Å². The number of hydrogen-bond acceptors (Lipinski definition) is 3. The van der Waals surface area contributed by atoms with Crippen LogP contribution in [0, 0.1) is 0 Å². The molecule has 0 aliphatic rings. The van der Waals surface area contributed by atoms with Crippen LogP contribution in [0.25, 0.3) is 0 Å². The lowest BCUT2D eigenvalue weighted by Crippen LogP contribution is -2.29. The van der Waals surface area contributed by atoms with Crippen molar-refractivity contribution in [2.24, 2.45) is 5.73 Å². The lowest BCUT2D eigenvalue weighted by atomic mass is 10.2. The van der Waals surface area contributed by atoms with Crippen molar-refractivity contribution < 1.29 is 13.2 Å². The summed E-state index contributed by atoms with van der Waals surface area (Å²) in [5.41, 5.74) is 9.83. The van der Waals surface area contributed by atoms with Crippen molar-refractivity contribution in [1.82, 2.24) is 4.98 Å². The Balaban J connectivity index is 2.96. The average Bonchev–Trinajstić information content (AvgIpc) is 2.01. The van der Waals surface area contributed by atoms with Crippen LogP contribution in [0.1, 0.15) is 11.7 Å². The maximum atomic E-state index is 12.1. The van der Waals surface area contributed by atoms with E-state index in [0.29, 0.717) is 0 Å². The highest BCUT2D eigenvalue weighted by molar-refractivity contribution is 5.30. The first kappa shape index (κ1) is 9.79. The van der Waals surface area contributed by atoms with E-state index in [2.05, 4.69) is 4.98 Å². The number of aromatic nitrogens is 1. The Morgan fingerprint density at radius 1 is 1.31 bits per heavy atom. The molecule has 1 aromatic heterocycles. The Kier molecular flexibility index (Phi) is 2.42.